The number of methoxy groups -OCH3 is 1. The van der Waals surface area contributed by atoms with E-state index in [0.717, 1.165) is 17.7 Å². The molecule has 2 heterocycles. The molecule has 2 aromatic carbocycles. The molecular formula is C22H20FNO6. The Morgan fingerprint density at radius 1 is 1.17 bits per heavy atom. The maximum Gasteiger partial charge on any atom is 0.338 e. The summed E-state index contributed by atoms with van der Waals surface area (Å²) in [6.45, 7) is 0.625. The molecule has 7 nitrogen and oxygen atoms in total. The number of hydrogen-bond acceptors (Lipinski definition) is 6. The first-order valence-electron chi connectivity index (χ1n) is 9.59. The number of carbonyl (C=O) groups is 3. The van der Waals surface area contributed by atoms with E-state index in [1.807, 2.05) is 0 Å². The van der Waals surface area contributed by atoms with Gasteiger partial charge in [-0.1, -0.05) is 0 Å². The number of fused-ring (bicyclic) bond motifs is 1. The summed E-state index contributed by atoms with van der Waals surface area (Å²) >= 11 is 0. The van der Waals surface area contributed by atoms with Crippen LogP contribution in [0.3, 0.4) is 0 Å². The zero-order chi connectivity index (χ0) is 21.3. The van der Waals surface area contributed by atoms with E-state index in [-0.39, 0.29) is 35.9 Å². The van der Waals surface area contributed by atoms with Crippen LogP contribution in [0.5, 0.6) is 5.75 Å². The Kier molecular flexibility index (Phi) is 5.50. The Hall–Kier alpha value is -3.26. The lowest BCUT2D eigenvalue weighted by atomic mass is 10.1. The molecule has 1 saturated heterocycles. The van der Waals surface area contributed by atoms with Gasteiger partial charge in [-0.2, -0.15) is 0 Å². The molecule has 30 heavy (non-hydrogen) atoms. The van der Waals surface area contributed by atoms with Gasteiger partial charge in [0, 0.05) is 12.2 Å². The number of carbonyl (C=O) groups excluding carboxylic acids is 3. The topological polar surface area (TPSA) is 82.1 Å². The molecule has 0 saturated carbocycles. The van der Waals surface area contributed by atoms with Gasteiger partial charge in [0.2, 0.25) is 0 Å². The van der Waals surface area contributed by atoms with Crippen molar-refractivity contribution >= 4 is 17.8 Å². The van der Waals surface area contributed by atoms with Crippen LogP contribution in [0.2, 0.25) is 0 Å². The fraction of sp³-hybridized carbons (Fsp3) is 0.318. The Balaban J connectivity index is 1.48. The molecule has 1 unspecified atom stereocenters. The summed E-state index contributed by atoms with van der Waals surface area (Å²) in [5, 5.41) is 0. The average Bonchev–Trinajstić information content (AvgIpc) is 3.35. The molecule has 2 amide bonds. The van der Waals surface area contributed by atoms with Crippen LogP contribution >= 0.6 is 0 Å². The largest absolute Gasteiger partial charge is 0.496 e. The van der Waals surface area contributed by atoms with Crippen molar-refractivity contribution in [2.75, 3.05) is 20.3 Å². The Labute approximate surface area is 172 Å². The molecule has 0 radical (unpaired) electrons. The van der Waals surface area contributed by atoms with Gasteiger partial charge in [-0.3, -0.25) is 14.5 Å². The van der Waals surface area contributed by atoms with Crippen molar-refractivity contribution in [1.29, 1.82) is 0 Å². The van der Waals surface area contributed by atoms with Crippen molar-refractivity contribution in [3.05, 3.63) is 64.5 Å². The van der Waals surface area contributed by atoms with Crippen LogP contribution < -0.4 is 4.74 Å². The fourth-order valence-electron chi connectivity index (χ4n) is 3.66. The normalized spacial score (nSPS) is 17.9. The molecule has 0 bridgehead atoms. The molecular weight excluding hydrogens is 393 g/mol. The summed E-state index contributed by atoms with van der Waals surface area (Å²) in [6.07, 6.45) is 1.55. The summed E-state index contributed by atoms with van der Waals surface area (Å²) in [4.78, 5) is 38.9. The molecule has 2 aromatic rings. The Morgan fingerprint density at radius 2 is 1.97 bits per heavy atom. The van der Waals surface area contributed by atoms with Gasteiger partial charge in [-0.05, 0) is 49.2 Å². The summed E-state index contributed by atoms with van der Waals surface area (Å²) in [5.41, 5.74) is 0.919. The van der Waals surface area contributed by atoms with Crippen LogP contribution in [-0.2, 0) is 16.1 Å². The lowest BCUT2D eigenvalue weighted by Crippen LogP contribution is -2.36. The van der Waals surface area contributed by atoms with Crippen molar-refractivity contribution in [3.8, 4) is 5.75 Å². The molecule has 0 spiro atoms. The third kappa shape index (κ3) is 3.78. The van der Waals surface area contributed by atoms with Gasteiger partial charge in [0.25, 0.3) is 11.8 Å². The monoisotopic (exact) mass is 413 g/mol. The van der Waals surface area contributed by atoms with Gasteiger partial charge in [0.1, 0.15) is 18.2 Å². The van der Waals surface area contributed by atoms with E-state index in [1.54, 1.807) is 0 Å². The molecule has 8 heteroatoms. The molecule has 0 N–H and O–H groups in total. The van der Waals surface area contributed by atoms with Gasteiger partial charge >= 0.3 is 5.97 Å². The first-order chi connectivity index (χ1) is 14.5. The zero-order valence-corrected chi connectivity index (χ0v) is 16.4. The molecule has 0 aliphatic carbocycles. The molecule has 156 valence electrons. The van der Waals surface area contributed by atoms with Crippen molar-refractivity contribution in [3.63, 3.8) is 0 Å². The van der Waals surface area contributed by atoms with Crippen LogP contribution in [0.4, 0.5) is 4.39 Å². The van der Waals surface area contributed by atoms with E-state index in [9.17, 15) is 18.8 Å². The second-order valence-corrected chi connectivity index (χ2v) is 7.15. The summed E-state index contributed by atoms with van der Waals surface area (Å²) in [5.74, 6) is -1.62. The quantitative estimate of drug-likeness (QED) is 0.535. The van der Waals surface area contributed by atoms with Crippen molar-refractivity contribution in [1.82, 2.24) is 4.90 Å². The van der Waals surface area contributed by atoms with Gasteiger partial charge in [0.15, 0.2) is 0 Å². The van der Waals surface area contributed by atoms with Crippen LogP contribution in [0, 0.1) is 5.82 Å². The highest BCUT2D eigenvalue weighted by atomic mass is 19.1. The number of nitrogens with zero attached hydrogens (tertiary/aromatic N) is 1. The predicted molar refractivity (Wildman–Crippen MR) is 103 cm³/mol. The van der Waals surface area contributed by atoms with E-state index in [1.165, 1.54) is 43.5 Å². The number of ether oxygens (including phenoxy) is 3. The van der Waals surface area contributed by atoms with Crippen LogP contribution in [-0.4, -0.2) is 49.0 Å². The van der Waals surface area contributed by atoms with Crippen LogP contribution in [0.25, 0.3) is 0 Å². The Bertz CT molecular complexity index is 1010. The lowest BCUT2D eigenvalue weighted by Gasteiger charge is -2.17. The van der Waals surface area contributed by atoms with Crippen molar-refractivity contribution < 1.29 is 33.0 Å². The summed E-state index contributed by atoms with van der Waals surface area (Å²) in [7, 11) is 1.43. The van der Waals surface area contributed by atoms with E-state index in [2.05, 4.69) is 0 Å². The van der Waals surface area contributed by atoms with Crippen molar-refractivity contribution in [2.45, 2.75) is 25.6 Å². The summed E-state index contributed by atoms with van der Waals surface area (Å²) in [6, 6.07) is 8.15. The Morgan fingerprint density at radius 3 is 2.70 bits per heavy atom. The second-order valence-electron chi connectivity index (χ2n) is 7.15. The molecule has 4 rings (SSSR count). The highest BCUT2D eigenvalue weighted by Crippen LogP contribution is 2.27. The molecule has 2 aliphatic rings. The van der Waals surface area contributed by atoms with E-state index in [4.69, 9.17) is 14.2 Å². The lowest BCUT2D eigenvalue weighted by molar-refractivity contribution is 0.0467. The number of halogens is 1. The first-order valence-corrected chi connectivity index (χ1v) is 9.59. The van der Waals surface area contributed by atoms with Gasteiger partial charge < -0.3 is 14.2 Å². The maximum absolute atomic E-state index is 13.5. The standard InChI is InChI=1S/C22H20FNO6/c1-28-19-7-5-15(23)9-14(19)12-30-22(27)13-4-6-17-18(10-13)21(26)24(20(17)25)11-16-3-2-8-29-16/h4-7,9-10,16H,2-3,8,11-12H2,1H3. The van der Waals surface area contributed by atoms with Gasteiger partial charge in [-0.15, -0.1) is 0 Å². The fourth-order valence-corrected chi connectivity index (χ4v) is 3.66. The van der Waals surface area contributed by atoms with Crippen molar-refractivity contribution in [2.24, 2.45) is 0 Å². The van der Waals surface area contributed by atoms with Crippen LogP contribution in [0.1, 0.15) is 49.5 Å². The smallest absolute Gasteiger partial charge is 0.338 e. The SMILES string of the molecule is COc1ccc(F)cc1COC(=O)c1ccc2c(c1)C(=O)N(CC1CCCO1)C2=O. The predicted octanol–water partition coefficient (Wildman–Crippen LogP) is 2.97. The molecule has 0 aromatic heterocycles. The number of rotatable bonds is 6. The van der Waals surface area contributed by atoms with E-state index in [0.29, 0.717) is 17.9 Å². The zero-order valence-electron chi connectivity index (χ0n) is 16.4. The number of benzene rings is 2. The third-order valence-corrected chi connectivity index (χ3v) is 5.22. The van der Waals surface area contributed by atoms with Gasteiger partial charge in [0.05, 0.1) is 36.4 Å². The number of hydrogen-bond donors (Lipinski definition) is 0. The van der Waals surface area contributed by atoms with Crippen LogP contribution in [0.15, 0.2) is 36.4 Å². The highest BCUT2D eigenvalue weighted by Gasteiger charge is 2.38. The number of esters is 1. The number of amides is 2. The van der Waals surface area contributed by atoms with E-state index < -0.39 is 23.6 Å². The number of imide groups is 1. The minimum atomic E-state index is -0.693. The van der Waals surface area contributed by atoms with E-state index >= 15 is 0 Å². The third-order valence-electron chi connectivity index (χ3n) is 5.22. The summed E-state index contributed by atoms with van der Waals surface area (Å²) < 4.78 is 29.4. The minimum absolute atomic E-state index is 0.129. The average molecular weight is 413 g/mol. The molecule has 2 aliphatic heterocycles. The van der Waals surface area contributed by atoms with Gasteiger partial charge in [-0.25, -0.2) is 9.18 Å². The molecule has 1 atom stereocenters. The first kappa shape index (κ1) is 20.0. The highest BCUT2D eigenvalue weighted by molar-refractivity contribution is 6.22. The minimum Gasteiger partial charge on any atom is -0.496 e. The second kappa shape index (κ2) is 8.23. The maximum atomic E-state index is 13.5. The molecule has 1 fully saturated rings.